The van der Waals surface area contributed by atoms with E-state index < -0.39 is 23.7 Å². The Morgan fingerprint density at radius 3 is 2.57 bits per heavy atom. The summed E-state index contributed by atoms with van der Waals surface area (Å²) in [5, 5.41) is 13.9. The smallest absolute Gasteiger partial charge is 0.410 e. The first-order valence-corrected chi connectivity index (χ1v) is 10.0. The number of carbonyl (C=O) groups is 2. The van der Waals surface area contributed by atoms with Crippen LogP contribution in [0.5, 0.6) is 0 Å². The van der Waals surface area contributed by atoms with Crippen molar-refractivity contribution in [1.82, 2.24) is 9.80 Å². The molecule has 0 radical (unpaired) electrons. The number of hydrogen-bond donors (Lipinski definition) is 1. The van der Waals surface area contributed by atoms with Crippen LogP contribution in [0, 0.1) is 0 Å². The minimum Gasteiger partial charge on any atom is -0.478 e. The molecule has 0 spiro atoms. The zero-order valence-corrected chi connectivity index (χ0v) is 17.9. The van der Waals surface area contributed by atoms with Gasteiger partial charge >= 0.3 is 12.1 Å². The maximum atomic E-state index is 12.5. The summed E-state index contributed by atoms with van der Waals surface area (Å²) in [6.45, 7) is 6.48. The zero-order chi connectivity index (χ0) is 21.9. The van der Waals surface area contributed by atoms with E-state index in [2.05, 4.69) is 5.16 Å². The summed E-state index contributed by atoms with van der Waals surface area (Å²) < 4.78 is 5.48. The van der Waals surface area contributed by atoms with Crippen LogP contribution in [0.1, 0.15) is 32.8 Å². The third-order valence-corrected chi connectivity index (χ3v) is 5.27. The normalized spacial score (nSPS) is 22.3. The summed E-state index contributed by atoms with van der Waals surface area (Å²) in [6.07, 6.45) is 1.55. The summed E-state index contributed by atoms with van der Waals surface area (Å²) in [5.74, 6) is -1.01. The molecule has 162 valence electrons. The van der Waals surface area contributed by atoms with Crippen LogP contribution in [0.15, 0.2) is 46.6 Å². The van der Waals surface area contributed by atoms with Gasteiger partial charge in [0.25, 0.3) is 0 Å². The highest BCUT2D eigenvalue weighted by molar-refractivity contribution is 5.97. The highest BCUT2D eigenvalue weighted by Gasteiger charge is 2.43. The number of nitrogens with zero attached hydrogens (tertiary/aromatic N) is 3. The number of piperazine rings is 1. The molecule has 8 nitrogen and oxygen atoms in total. The van der Waals surface area contributed by atoms with Gasteiger partial charge in [0.15, 0.2) is 0 Å². The summed E-state index contributed by atoms with van der Waals surface area (Å²) in [5.41, 5.74) is 1.26. The second-order valence-corrected chi connectivity index (χ2v) is 8.66. The maximum Gasteiger partial charge on any atom is 0.410 e. The van der Waals surface area contributed by atoms with Crippen molar-refractivity contribution < 1.29 is 24.3 Å². The Kier molecular flexibility index (Phi) is 6.45. The topological polar surface area (TPSA) is 91.7 Å². The monoisotopic (exact) mass is 415 g/mol. The predicted octanol–water partition coefficient (Wildman–Crippen LogP) is 2.89. The van der Waals surface area contributed by atoms with Crippen LogP contribution in [0.4, 0.5) is 4.79 Å². The van der Waals surface area contributed by atoms with Gasteiger partial charge in [-0.15, -0.1) is 0 Å². The van der Waals surface area contributed by atoms with Gasteiger partial charge in [-0.3, -0.25) is 4.90 Å². The molecule has 2 atom stereocenters. The Bertz CT molecular complexity index is 844. The van der Waals surface area contributed by atoms with E-state index in [1.165, 1.54) is 6.21 Å². The average Bonchev–Trinajstić information content (AvgIpc) is 2.65. The zero-order valence-electron chi connectivity index (χ0n) is 17.9. The molecule has 2 aliphatic heterocycles. The van der Waals surface area contributed by atoms with Crippen LogP contribution >= 0.6 is 0 Å². The fourth-order valence-electron chi connectivity index (χ4n) is 3.80. The van der Waals surface area contributed by atoms with E-state index in [0.29, 0.717) is 25.1 Å². The quantitative estimate of drug-likeness (QED) is 0.587. The van der Waals surface area contributed by atoms with Crippen molar-refractivity contribution in [2.45, 2.75) is 51.5 Å². The lowest BCUT2D eigenvalue weighted by Crippen LogP contribution is -2.62. The minimum atomic E-state index is -1.01. The molecule has 1 saturated heterocycles. The standard InChI is InChI=1S/C22H29N3O5/c1-22(2,3)30-21(28)25-12-17-10-16(19(20(26)27)18(13-25)24(17)4)11-23-29-14-15-8-6-5-7-9-15/h5-9,11,17-18H,10,12-14H2,1-4H3,(H,26,27)/b23-11-. The Morgan fingerprint density at radius 1 is 1.23 bits per heavy atom. The number of aliphatic carboxylic acids is 1. The van der Waals surface area contributed by atoms with Crippen LogP contribution in [0.2, 0.25) is 0 Å². The van der Waals surface area contributed by atoms with Crippen molar-refractivity contribution in [2.75, 3.05) is 20.1 Å². The fourth-order valence-corrected chi connectivity index (χ4v) is 3.80. The van der Waals surface area contributed by atoms with Crippen molar-refractivity contribution >= 4 is 18.3 Å². The van der Waals surface area contributed by atoms with E-state index in [9.17, 15) is 14.7 Å². The van der Waals surface area contributed by atoms with Crippen molar-refractivity contribution in [3.05, 3.63) is 47.0 Å². The summed E-state index contributed by atoms with van der Waals surface area (Å²) in [7, 11) is 1.89. The van der Waals surface area contributed by atoms with Gasteiger partial charge in [-0.05, 0) is 45.4 Å². The number of likely N-dealkylation sites (N-methyl/N-ethyl adjacent to an activating group) is 1. The highest BCUT2D eigenvalue weighted by Crippen LogP contribution is 2.32. The third-order valence-electron chi connectivity index (χ3n) is 5.27. The van der Waals surface area contributed by atoms with Crippen molar-refractivity contribution in [1.29, 1.82) is 0 Å². The van der Waals surface area contributed by atoms with E-state index in [1.54, 1.807) is 4.90 Å². The van der Waals surface area contributed by atoms with Gasteiger partial charge in [0.05, 0.1) is 17.8 Å². The van der Waals surface area contributed by atoms with Gasteiger partial charge in [-0.25, -0.2) is 9.59 Å². The van der Waals surface area contributed by atoms with Crippen molar-refractivity contribution in [2.24, 2.45) is 5.16 Å². The maximum absolute atomic E-state index is 12.5. The first-order valence-electron chi connectivity index (χ1n) is 10.0. The molecule has 2 unspecified atom stereocenters. The number of benzene rings is 1. The number of rotatable bonds is 5. The van der Waals surface area contributed by atoms with Crippen molar-refractivity contribution in [3.8, 4) is 0 Å². The molecular formula is C22H29N3O5. The molecule has 0 aliphatic carbocycles. The second-order valence-electron chi connectivity index (χ2n) is 8.66. The average molecular weight is 415 g/mol. The lowest BCUT2D eigenvalue weighted by molar-refractivity contribution is -0.134. The molecule has 1 aromatic carbocycles. The second kappa shape index (κ2) is 8.87. The number of carboxylic acid groups (broad SMARTS) is 1. The number of carboxylic acids is 1. The Balaban J connectivity index is 1.75. The molecule has 8 heteroatoms. The molecule has 1 aromatic rings. The lowest BCUT2D eigenvalue weighted by Gasteiger charge is -2.48. The predicted molar refractivity (Wildman–Crippen MR) is 112 cm³/mol. The number of amides is 1. The van der Waals surface area contributed by atoms with E-state index in [1.807, 2.05) is 63.1 Å². The van der Waals surface area contributed by atoms with Crippen LogP contribution in [0.25, 0.3) is 0 Å². The van der Waals surface area contributed by atoms with Crippen LogP contribution in [-0.4, -0.2) is 71.0 Å². The number of ether oxygens (including phenoxy) is 1. The third kappa shape index (κ3) is 5.18. The summed E-state index contributed by atoms with van der Waals surface area (Å²) >= 11 is 0. The SMILES string of the molecule is CN1C2CC(/C=N\OCc3ccccc3)=C(C(=O)O)C1CN(C(=O)OC(C)(C)C)C2. The molecule has 1 N–H and O–H groups in total. The molecule has 2 aliphatic rings. The van der Waals surface area contributed by atoms with Gasteiger partial charge < -0.3 is 19.6 Å². The van der Waals surface area contributed by atoms with E-state index in [0.717, 1.165) is 5.56 Å². The molecule has 1 amide bonds. The number of fused-ring (bicyclic) bond motifs is 2. The Morgan fingerprint density at radius 2 is 1.93 bits per heavy atom. The molecule has 3 rings (SSSR count). The van der Waals surface area contributed by atoms with Gasteiger partial charge in [0, 0.05) is 19.1 Å². The van der Waals surface area contributed by atoms with E-state index >= 15 is 0 Å². The van der Waals surface area contributed by atoms with Gasteiger partial charge in [-0.2, -0.15) is 0 Å². The van der Waals surface area contributed by atoms with Crippen LogP contribution < -0.4 is 0 Å². The molecule has 2 bridgehead atoms. The molecule has 1 fully saturated rings. The fraction of sp³-hybridized carbons (Fsp3) is 0.500. The Hall–Kier alpha value is -2.87. The number of oxime groups is 1. The minimum absolute atomic E-state index is 0.0186. The molecule has 0 saturated carbocycles. The summed E-state index contributed by atoms with van der Waals surface area (Å²) in [4.78, 5) is 33.6. The summed E-state index contributed by atoms with van der Waals surface area (Å²) in [6, 6.07) is 9.18. The van der Waals surface area contributed by atoms with E-state index in [4.69, 9.17) is 9.57 Å². The number of hydrogen-bond acceptors (Lipinski definition) is 6. The lowest BCUT2D eigenvalue weighted by atomic mass is 9.86. The first-order chi connectivity index (χ1) is 14.2. The molecule has 2 heterocycles. The van der Waals surface area contributed by atoms with Gasteiger partial charge in [-0.1, -0.05) is 35.5 Å². The van der Waals surface area contributed by atoms with E-state index in [-0.39, 0.29) is 18.2 Å². The van der Waals surface area contributed by atoms with Gasteiger partial charge in [0.1, 0.15) is 12.2 Å². The van der Waals surface area contributed by atoms with Crippen LogP contribution in [-0.2, 0) is 21.0 Å². The van der Waals surface area contributed by atoms with Crippen LogP contribution in [0.3, 0.4) is 0 Å². The Labute approximate surface area is 176 Å². The van der Waals surface area contributed by atoms with Crippen molar-refractivity contribution in [3.63, 3.8) is 0 Å². The first kappa shape index (κ1) is 21.8. The highest BCUT2D eigenvalue weighted by atomic mass is 16.6. The molecular weight excluding hydrogens is 386 g/mol. The van der Waals surface area contributed by atoms with Gasteiger partial charge in [0.2, 0.25) is 0 Å². The number of carbonyl (C=O) groups excluding carboxylic acids is 1. The largest absolute Gasteiger partial charge is 0.478 e. The molecule has 30 heavy (non-hydrogen) atoms. The molecule has 0 aromatic heterocycles.